The molecule has 0 radical (unpaired) electrons. The number of aromatic nitrogens is 2. The maximum Gasteiger partial charge on any atom is 0.254 e. The highest BCUT2D eigenvalue weighted by Crippen LogP contribution is 2.30. The van der Waals surface area contributed by atoms with Crippen LogP contribution in [0.4, 0.5) is 5.69 Å². The van der Waals surface area contributed by atoms with Crippen LogP contribution in [0, 0.1) is 12.3 Å². The van der Waals surface area contributed by atoms with Gasteiger partial charge in [-0.25, -0.2) is 10.4 Å². The van der Waals surface area contributed by atoms with E-state index in [1.165, 1.54) is 0 Å². The lowest BCUT2D eigenvalue weighted by Gasteiger charge is -2.26. The predicted molar refractivity (Wildman–Crippen MR) is 148 cm³/mol. The van der Waals surface area contributed by atoms with E-state index in [1.807, 2.05) is 55.5 Å². The van der Waals surface area contributed by atoms with Crippen LogP contribution in [0.2, 0.25) is 0 Å². The van der Waals surface area contributed by atoms with Gasteiger partial charge in [0.2, 0.25) is 5.88 Å². The molecule has 2 aromatic heterocycles. The second kappa shape index (κ2) is 10.2. The van der Waals surface area contributed by atoms with Gasteiger partial charge < -0.3 is 24.5 Å². The van der Waals surface area contributed by atoms with Crippen LogP contribution in [0.15, 0.2) is 72.4 Å². The SMILES string of the molecule is Cc1cc(Oc2ccccc2)ncc1N1NCC(=C(O)c2cc3cc(C(=O)N4CCOCC4)ccc3[nH]2)C1=N. The normalized spacial score (nSPS) is 17.1. The molecule has 0 aliphatic carbocycles. The van der Waals surface area contributed by atoms with Crippen molar-refractivity contribution >= 4 is 34.1 Å². The predicted octanol–water partition coefficient (Wildman–Crippen LogP) is 4.41. The molecule has 10 heteroatoms. The van der Waals surface area contributed by atoms with Crippen LogP contribution in [0.3, 0.4) is 0 Å². The van der Waals surface area contributed by atoms with Crippen molar-refractivity contribution < 1.29 is 19.4 Å². The lowest BCUT2D eigenvalue weighted by atomic mass is 10.1. The van der Waals surface area contributed by atoms with E-state index in [9.17, 15) is 9.90 Å². The average molecular weight is 525 g/mol. The van der Waals surface area contributed by atoms with Gasteiger partial charge in [0.05, 0.1) is 36.4 Å². The van der Waals surface area contributed by atoms with Gasteiger partial charge >= 0.3 is 0 Å². The van der Waals surface area contributed by atoms with Crippen molar-refractivity contribution in [2.75, 3.05) is 37.9 Å². The van der Waals surface area contributed by atoms with Gasteiger partial charge in [0.15, 0.2) is 0 Å². The second-order valence-electron chi connectivity index (χ2n) is 9.46. The molecule has 0 spiro atoms. The van der Waals surface area contributed by atoms with E-state index < -0.39 is 0 Å². The highest BCUT2D eigenvalue weighted by molar-refractivity contribution is 6.13. The third-order valence-corrected chi connectivity index (χ3v) is 6.89. The lowest BCUT2D eigenvalue weighted by Crippen LogP contribution is -2.40. The third kappa shape index (κ3) is 4.83. The van der Waals surface area contributed by atoms with E-state index in [4.69, 9.17) is 14.9 Å². The van der Waals surface area contributed by atoms with E-state index >= 15 is 0 Å². The van der Waals surface area contributed by atoms with Crippen molar-refractivity contribution in [2.45, 2.75) is 6.92 Å². The number of hydrogen-bond donors (Lipinski definition) is 4. The molecule has 2 aliphatic heterocycles. The summed E-state index contributed by atoms with van der Waals surface area (Å²) in [5.74, 6) is 1.21. The summed E-state index contributed by atoms with van der Waals surface area (Å²) in [7, 11) is 0. The number of nitrogens with one attached hydrogen (secondary N) is 3. The summed E-state index contributed by atoms with van der Waals surface area (Å²) in [6, 6.07) is 18.5. The number of aliphatic hydroxyl groups excluding tert-OH is 1. The van der Waals surface area contributed by atoms with Crippen molar-refractivity contribution in [1.29, 1.82) is 5.41 Å². The number of nitrogens with zero attached hydrogens (tertiary/aromatic N) is 3. The van der Waals surface area contributed by atoms with Gasteiger partial charge in [0.25, 0.3) is 5.91 Å². The van der Waals surface area contributed by atoms with Crippen LogP contribution in [-0.4, -0.2) is 64.6 Å². The summed E-state index contributed by atoms with van der Waals surface area (Å²) in [4.78, 5) is 22.3. The number of H-pyrrole nitrogens is 1. The van der Waals surface area contributed by atoms with E-state index in [0.717, 1.165) is 16.5 Å². The Morgan fingerprint density at radius 2 is 1.90 bits per heavy atom. The Hall–Kier alpha value is -4.67. The molecule has 2 aliphatic rings. The number of ether oxygens (including phenoxy) is 2. The minimum Gasteiger partial charge on any atom is -0.505 e. The first kappa shape index (κ1) is 24.7. The Balaban J connectivity index is 1.22. The Labute approximate surface area is 225 Å². The maximum absolute atomic E-state index is 12.9. The topological polar surface area (TPSA) is 127 Å². The van der Waals surface area contributed by atoms with Crippen LogP contribution >= 0.6 is 0 Å². The van der Waals surface area contributed by atoms with E-state index in [1.54, 1.807) is 28.2 Å². The first-order valence-corrected chi connectivity index (χ1v) is 12.7. The molecule has 198 valence electrons. The molecule has 4 heterocycles. The zero-order valence-corrected chi connectivity index (χ0v) is 21.4. The molecule has 6 rings (SSSR count). The van der Waals surface area contributed by atoms with Crippen molar-refractivity contribution in [2.24, 2.45) is 0 Å². The Bertz CT molecular complexity index is 1590. The largest absolute Gasteiger partial charge is 0.505 e. The number of aromatic amines is 1. The van der Waals surface area contributed by atoms with Gasteiger partial charge in [-0.15, -0.1) is 0 Å². The highest BCUT2D eigenvalue weighted by atomic mass is 16.5. The molecule has 1 amide bonds. The molecule has 4 aromatic rings. The molecule has 4 N–H and O–H groups in total. The summed E-state index contributed by atoms with van der Waals surface area (Å²) in [5, 5.41) is 22.3. The highest BCUT2D eigenvalue weighted by Gasteiger charge is 2.29. The molecule has 0 atom stereocenters. The van der Waals surface area contributed by atoms with Crippen LogP contribution in [0.5, 0.6) is 11.6 Å². The molecular weight excluding hydrogens is 496 g/mol. The fourth-order valence-electron chi connectivity index (χ4n) is 4.78. The van der Waals surface area contributed by atoms with Gasteiger partial charge in [-0.3, -0.25) is 15.2 Å². The number of aryl methyl sites for hydroxylation is 1. The molecule has 2 saturated heterocycles. The molecule has 0 unspecified atom stereocenters. The van der Waals surface area contributed by atoms with Crippen LogP contribution in [0.25, 0.3) is 16.7 Å². The smallest absolute Gasteiger partial charge is 0.254 e. The summed E-state index contributed by atoms with van der Waals surface area (Å²) in [6.07, 6.45) is 1.64. The van der Waals surface area contributed by atoms with Gasteiger partial charge in [-0.05, 0) is 48.9 Å². The summed E-state index contributed by atoms with van der Waals surface area (Å²) in [6.45, 7) is 4.42. The number of hydrazine groups is 1. The van der Waals surface area contributed by atoms with Gasteiger partial charge in [-0.1, -0.05) is 18.2 Å². The number of rotatable bonds is 5. The number of para-hydroxylation sites is 1. The number of pyridine rings is 1. The fourth-order valence-corrected chi connectivity index (χ4v) is 4.78. The number of amides is 1. The van der Waals surface area contributed by atoms with Gasteiger partial charge in [-0.2, -0.15) is 0 Å². The Kier molecular flexibility index (Phi) is 6.47. The number of morpholine rings is 1. The van der Waals surface area contributed by atoms with E-state index in [-0.39, 0.29) is 24.0 Å². The number of anilines is 1. The Morgan fingerprint density at radius 3 is 2.67 bits per heavy atom. The first-order chi connectivity index (χ1) is 19.0. The van der Waals surface area contributed by atoms with E-state index in [2.05, 4.69) is 15.4 Å². The minimum atomic E-state index is -0.0351. The minimum absolute atomic E-state index is 0.0260. The maximum atomic E-state index is 12.9. The molecule has 0 bridgehead atoms. The zero-order valence-electron chi connectivity index (χ0n) is 21.4. The zero-order chi connectivity index (χ0) is 26.9. The molecular formula is C29H28N6O4. The number of fused-ring (bicyclic) bond motifs is 1. The van der Waals surface area contributed by atoms with Crippen molar-refractivity contribution in [1.82, 2.24) is 20.3 Å². The number of hydrogen-bond acceptors (Lipinski definition) is 7. The summed E-state index contributed by atoms with van der Waals surface area (Å²) >= 11 is 0. The van der Waals surface area contributed by atoms with Crippen LogP contribution in [-0.2, 0) is 4.74 Å². The molecule has 2 aromatic carbocycles. The van der Waals surface area contributed by atoms with Crippen LogP contribution in [0.1, 0.15) is 21.6 Å². The van der Waals surface area contributed by atoms with Crippen molar-refractivity contribution in [3.8, 4) is 11.6 Å². The van der Waals surface area contributed by atoms with E-state index in [0.29, 0.717) is 60.5 Å². The van der Waals surface area contributed by atoms with Gasteiger partial charge in [0.1, 0.15) is 17.3 Å². The summed E-state index contributed by atoms with van der Waals surface area (Å²) in [5.41, 5.74) is 7.01. The second-order valence-corrected chi connectivity index (χ2v) is 9.46. The Morgan fingerprint density at radius 1 is 1.10 bits per heavy atom. The standard InChI is InChI=1S/C29H28N6O4/c1-18-13-26(39-21-5-3-2-4-6-21)31-17-25(18)35-28(30)22(16-32-35)27(36)24-15-20-14-19(7-8-23(20)33-24)29(37)34-9-11-38-12-10-34/h2-8,13-15,17,30,32-33,36H,9-12,16H2,1H3. The lowest BCUT2D eigenvalue weighted by molar-refractivity contribution is 0.0303. The molecule has 0 saturated carbocycles. The number of benzene rings is 2. The number of carbonyl (C=O) groups excluding carboxylic acids is 1. The number of amidine groups is 1. The molecule has 10 nitrogen and oxygen atoms in total. The number of aliphatic hydroxyl groups is 1. The molecule has 2 fully saturated rings. The first-order valence-electron chi connectivity index (χ1n) is 12.7. The average Bonchev–Trinajstić information content (AvgIpc) is 3.56. The van der Waals surface area contributed by atoms with Crippen molar-refractivity contribution in [3.63, 3.8) is 0 Å². The quantitative estimate of drug-likeness (QED) is 0.285. The fraction of sp³-hybridized carbons (Fsp3) is 0.207. The number of carbonyl (C=O) groups is 1. The summed E-state index contributed by atoms with van der Waals surface area (Å²) < 4.78 is 11.2. The van der Waals surface area contributed by atoms with Gasteiger partial charge in [0, 0.05) is 42.2 Å². The molecule has 39 heavy (non-hydrogen) atoms. The van der Waals surface area contributed by atoms with Crippen LogP contribution < -0.4 is 15.2 Å². The van der Waals surface area contributed by atoms with Crippen molar-refractivity contribution in [3.05, 3.63) is 89.3 Å². The third-order valence-electron chi connectivity index (χ3n) is 6.89. The monoisotopic (exact) mass is 524 g/mol.